The summed E-state index contributed by atoms with van der Waals surface area (Å²) in [7, 11) is 0. The summed E-state index contributed by atoms with van der Waals surface area (Å²) in [4.78, 5) is 7.30. The number of aromatic nitrogens is 1. The number of pyridine rings is 1. The van der Waals surface area contributed by atoms with Crippen LogP contribution in [0.4, 0.5) is 5.69 Å². The molecule has 2 bridgehead atoms. The average Bonchev–Trinajstić information content (AvgIpc) is 3.35. The first-order valence-electron chi connectivity index (χ1n) is 9.40. The second-order valence-electron chi connectivity index (χ2n) is 7.75. The Balaban J connectivity index is 1.54. The van der Waals surface area contributed by atoms with Gasteiger partial charge in [0.2, 0.25) is 0 Å². The van der Waals surface area contributed by atoms with E-state index in [1.54, 1.807) is 11.3 Å². The van der Waals surface area contributed by atoms with Crippen molar-refractivity contribution in [1.82, 2.24) is 4.98 Å². The Hall–Kier alpha value is -0.660. The number of nitrogens with zero attached hydrogens (tertiary/aromatic N) is 1. The summed E-state index contributed by atoms with van der Waals surface area (Å²) in [5, 5.41) is 6.19. The van der Waals surface area contributed by atoms with Gasteiger partial charge in [0.1, 0.15) is 5.15 Å². The number of hydrogen-bond acceptors (Lipinski definition) is 5. The lowest BCUT2D eigenvalue weighted by atomic mass is 9.76. The summed E-state index contributed by atoms with van der Waals surface area (Å²) < 4.78 is 2.26. The quantitative estimate of drug-likeness (QED) is 0.411. The van der Waals surface area contributed by atoms with E-state index in [4.69, 9.17) is 17.3 Å². The lowest BCUT2D eigenvalue weighted by molar-refractivity contribution is 0.277. The molecule has 2 aliphatic carbocycles. The van der Waals surface area contributed by atoms with Crippen LogP contribution in [0.3, 0.4) is 0 Å². The molecule has 0 amide bonds. The van der Waals surface area contributed by atoms with Crippen molar-refractivity contribution >= 4 is 66.1 Å². The summed E-state index contributed by atoms with van der Waals surface area (Å²) in [6, 6.07) is 6.41. The fraction of sp³-hybridized carbons (Fsp3) is 0.450. The number of halogens is 2. The number of thiophene rings is 2. The SMILES string of the molecule is N[C@@H]1CC2CCC(C2)[C@H]1c1sc2c(NCc3cccs3)cc(Cl)nc2c1Br. The topological polar surface area (TPSA) is 50.9 Å². The molecule has 5 rings (SSSR count). The standard InChI is InChI=1S/C20H21BrClN3S2/c21-17-18-19(14(8-15(22)25-18)24-9-12-2-1-5-26-12)27-20(17)16-11-4-3-10(6-11)7-13(16)23/h1-2,5,8,10-11,13,16H,3-4,6-7,9,23H2,(H,24,25)/t10?,11?,13-,16-/m1/s1. The van der Waals surface area contributed by atoms with Crippen LogP contribution in [0.1, 0.15) is 41.4 Å². The third-order valence-corrected chi connectivity index (χ3v) is 9.52. The molecule has 0 radical (unpaired) electrons. The first-order chi connectivity index (χ1) is 13.1. The molecule has 2 fully saturated rings. The van der Waals surface area contributed by atoms with Gasteiger partial charge in [0.05, 0.1) is 20.4 Å². The second-order valence-corrected chi connectivity index (χ2v) is 11.0. The fourth-order valence-electron chi connectivity index (χ4n) is 4.91. The largest absolute Gasteiger partial charge is 0.379 e. The van der Waals surface area contributed by atoms with Crippen LogP contribution in [0.5, 0.6) is 0 Å². The molecule has 2 unspecified atom stereocenters. The molecular formula is C20H21BrClN3S2. The maximum absolute atomic E-state index is 6.64. The Kier molecular flexibility index (Phi) is 4.97. The normalized spacial score (nSPS) is 27.4. The van der Waals surface area contributed by atoms with Gasteiger partial charge in [0.15, 0.2) is 0 Å². The fourth-order valence-corrected chi connectivity index (χ4v) is 8.07. The maximum atomic E-state index is 6.64. The van der Waals surface area contributed by atoms with E-state index in [0.29, 0.717) is 17.0 Å². The highest BCUT2D eigenvalue weighted by atomic mass is 79.9. The van der Waals surface area contributed by atoms with E-state index in [2.05, 4.69) is 43.7 Å². The zero-order valence-corrected chi connectivity index (χ0v) is 18.7. The number of fused-ring (bicyclic) bond motifs is 3. The number of nitrogens with two attached hydrogens (primary N) is 1. The van der Waals surface area contributed by atoms with Crippen LogP contribution in [-0.4, -0.2) is 11.0 Å². The Morgan fingerprint density at radius 3 is 3.04 bits per heavy atom. The van der Waals surface area contributed by atoms with E-state index in [-0.39, 0.29) is 6.04 Å². The summed E-state index contributed by atoms with van der Waals surface area (Å²) in [5.41, 5.74) is 8.66. The number of anilines is 1. The molecule has 2 aliphatic rings. The third kappa shape index (κ3) is 3.33. The van der Waals surface area contributed by atoms with Gasteiger partial charge in [-0.15, -0.1) is 22.7 Å². The monoisotopic (exact) mass is 481 g/mol. The molecule has 0 aromatic carbocycles. The highest BCUT2D eigenvalue weighted by Crippen LogP contribution is 2.54. The molecule has 0 spiro atoms. The van der Waals surface area contributed by atoms with E-state index in [1.165, 1.54) is 33.7 Å². The molecule has 142 valence electrons. The van der Waals surface area contributed by atoms with Crippen LogP contribution in [0.25, 0.3) is 10.2 Å². The average molecular weight is 483 g/mol. The highest BCUT2D eigenvalue weighted by molar-refractivity contribution is 9.10. The van der Waals surface area contributed by atoms with Gasteiger partial charge in [0, 0.05) is 34.3 Å². The summed E-state index contributed by atoms with van der Waals surface area (Å²) in [6.45, 7) is 0.797. The molecule has 3 aromatic rings. The number of hydrogen-bond donors (Lipinski definition) is 2. The summed E-state index contributed by atoms with van der Waals surface area (Å²) in [5.74, 6) is 1.98. The Labute approximate surface area is 180 Å². The Morgan fingerprint density at radius 2 is 2.22 bits per heavy atom. The van der Waals surface area contributed by atoms with E-state index in [0.717, 1.165) is 34.6 Å². The Bertz CT molecular complexity index is 971. The van der Waals surface area contributed by atoms with Gasteiger partial charge in [-0.05, 0) is 58.5 Å². The molecule has 2 saturated carbocycles. The van der Waals surface area contributed by atoms with Gasteiger partial charge < -0.3 is 11.1 Å². The minimum Gasteiger partial charge on any atom is -0.379 e. The third-order valence-electron chi connectivity index (χ3n) is 6.07. The first kappa shape index (κ1) is 18.4. The predicted molar refractivity (Wildman–Crippen MR) is 120 cm³/mol. The van der Waals surface area contributed by atoms with Crippen molar-refractivity contribution in [2.75, 3.05) is 5.32 Å². The number of nitrogens with one attached hydrogen (secondary N) is 1. The minimum absolute atomic E-state index is 0.249. The molecule has 3 nitrogen and oxygen atoms in total. The molecule has 0 saturated heterocycles. The molecule has 0 aliphatic heterocycles. The van der Waals surface area contributed by atoms with Gasteiger partial charge >= 0.3 is 0 Å². The van der Waals surface area contributed by atoms with Crippen LogP contribution < -0.4 is 11.1 Å². The van der Waals surface area contributed by atoms with Crippen molar-refractivity contribution in [3.63, 3.8) is 0 Å². The lowest BCUT2D eigenvalue weighted by Crippen LogP contribution is -2.36. The minimum atomic E-state index is 0.249. The van der Waals surface area contributed by atoms with Gasteiger partial charge in [-0.2, -0.15) is 0 Å². The first-order valence-corrected chi connectivity index (χ1v) is 12.3. The lowest BCUT2D eigenvalue weighted by Gasteiger charge is -2.34. The van der Waals surface area contributed by atoms with Crippen LogP contribution in [-0.2, 0) is 6.54 Å². The van der Waals surface area contributed by atoms with Gasteiger partial charge in [-0.3, -0.25) is 0 Å². The predicted octanol–water partition coefficient (Wildman–Crippen LogP) is 6.62. The molecule has 4 atom stereocenters. The van der Waals surface area contributed by atoms with E-state index >= 15 is 0 Å². The van der Waals surface area contributed by atoms with Crippen LogP contribution in [0, 0.1) is 11.8 Å². The van der Waals surface area contributed by atoms with Crippen LogP contribution in [0.15, 0.2) is 28.1 Å². The second kappa shape index (κ2) is 7.30. The zero-order chi connectivity index (χ0) is 18.5. The van der Waals surface area contributed by atoms with Crippen molar-refractivity contribution in [3.05, 3.63) is 43.0 Å². The van der Waals surface area contributed by atoms with E-state index in [1.807, 2.05) is 17.4 Å². The molecule has 3 heterocycles. The molecule has 27 heavy (non-hydrogen) atoms. The summed E-state index contributed by atoms with van der Waals surface area (Å²) in [6.07, 6.45) is 5.13. The zero-order valence-electron chi connectivity index (χ0n) is 14.8. The van der Waals surface area contributed by atoms with E-state index in [9.17, 15) is 0 Å². The number of rotatable bonds is 4. The molecule has 3 N–H and O–H groups in total. The van der Waals surface area contributed by atoms with Crippen LogP contribution >= 0.6 is 50.2 Å². The Morgan fingerprint density at radius 1 is 1.33 bits per heavy atom. The molecular weight excluding hydrogens is 462 g/mol. The maximum Gasteiger partial charge on any atom is 0.131 e. The molecule has 7 heteroatoms. The highest BCUT2D eigenvalue weighted by Gasteiger charge is 2.42. The van der Waals surface area contributed by atoms with Crippen molar-refractivity contribution in [2.24, 2.45) is 17.6 Å². The van der Waals surface area contributed by atoms with Gasteiger partial charge in [-0.1, -0.05) is 24.1 Å². The van der Waals surface area contributed by atoms with Crippen molar-refractivity contribution in [1.29, 1.82) is 0 Å². The van der Waals surface area contributed by atoms with Crippen LogP contribution in [0.2, 0.25) is 5.15 Å². The summed E-state index contributed by atoms with van der Waals surface area (Å²) >= 11 is 13.8. The molecule has 3 aromatic heterocycles. The van der Waals surface area contributed by atoms with Crippen molar-refractivity contribution in [2.45, 2.75) is 44.2 Å². The van der Waals surface area contributed by atoms with Gasteiger partial charge in [0.25, 0.3) is 0 Å². The van der Waals surface area contributed by atoms with Crippen molar-refractivity contribution in [3.8, 4) is 0 Å². The van der Waals surface area contributed by atoms with Gasteiger partial charge in [-0.25, -0.2) is 4.98 Å². The van der Waals surface area contributed by atoms with Crippen molar-refractivity contribution < 1.29 is 0 Å². The van der Waals surface area contributed by atoms with E-state index < -0.39 is 0 Å². The smallest absolute Gasteiger partial charge is 0.131 e.